The summed E-state index contributed by atoms with van der Waals surface area (Å²) in [6.45, 7) is 0. The van der Waals surface area contributed by atoms with Gasteiger partial charge in [0.1, 0.15) is 9.45 Å². The third-order valence-electron chi connectivity index (χ3n) is 1.56. The zero-order valence-electron chi connectivity index (χ0n) is 7.94. The number of pyridine rings is 1. The minimum absolute atomic E-state index is 0.130. The normalized spacial score (nSPS) is 11.4. The molecular formula is C8H6BrF3INO2. The summed E-state index contributed by atoms with van der Waals surface area (Å²) in [5.41, 5.74) is 0.515. The number of rotatable bonds is 3. The van der Waals surface area contributed by atoms with Gasteiger partial charge in [0.15, 0.2) is 5.75 Å². The molecule has 3 nitrogen and oxygen atoms in total. The Morgan fingerprint density at radius 2 is 2.06 bits per heavy atom. The molecule has 90 valence electrons. The van der Waals surface area contributed by atoms with E-state index in [0.717, 1.165) is 0 Å². The molecule has 1 heterocycles. The van der Waals surface area contributed by atoms with Crippen LogP contribution < -0.4 is 9.47 Å². The maximum Gasteiger partial charge on any atom is 0.573 e. The summed E-state index contributed by atoms with van der Waals surface area (Å²) in [7, 11) is 1.35. The van der Waals surface area contributed by atoms with Crippen LogP contribution in [0.4, 0.5) is 13.2 Å². The molecule has 0 aliphatic heterocycles. The van der Waals surface area contributed by atoms with E-state index >= 15 is 0 Å². The lowest BCUT2D eigenvalue weighted by Crippen LogP contribution is -2.18. The first-order chi connectivity index (χ1) is 7.37. The smallest absolute Gasteiger partial charge is 0.495 e. The van der Waals surface area contributed by atoms with Gasteiger partial charge in [-0.05, 0) is 22.6 Å². The van der Waals surface area contributed by atoms with Gasteiger partial charge in [0.2, 0.25) is 0 Å². The van der Waals surface area contributed by atoms with Gasteiger partial charge in [-0.25, -0.2) is 4.98 Å². The van der Waals surface area contributed by atoms with Gasteiger partial charge in [0.05, 0.1) is 12.8 Å². The number of hydrogen-bond acceptors (Lipinski definition) is 3. The molecule has 0 amide bonds. The van der Waals surface area contributed by atoms with Gasteiger partial charge in [-0.3, -0.25) is 0 Å². The fourth-order valence-electron chi connectivity index (χ4n) is 0.959. The minimum atomic E-state index is -4.73. The number of ether oxygens (including phenoxy) is 2. The van der Waals surface area contributed by atoms with E-state index in [1.165, 1.54) is 13.2 Å². The Balaban J connectivity index is 3.11. The molecule has 0 saturated heterocycles. The highest BCUT2D eigenvalue weighted by Gasteiger charge is 2.32. The Bertz CT molecular complexity index is 386. The number of hydrogen-bond donors (Lipinski definition) is 0. The van der Waals surface area contributed by atoms with Crippen molar-refractivity contribution in [3.8, 4) is 11.5 Å². The first-order valence-electron chi connectivity index (χ1n) is 3.92. The van der Waals surface area contributed by atoms with E-state index in [4.69, 9.17) is 4.74 Å². The highest BCUT2D eigenvalue weighted by molar-refractivity contribution is 14.1. The second-order valence-electron chi connectivity index (χ2n) is 2.61. The lowest BCUT2D eigenvalue weighted by Gasteiger charge is -2.13. The van der Waals surface area contributed by atoms with Crippen molar-refractivity contribution in [3.05, 3.63) is 15.5 Å². The second-order valence-corrected chi connectivity index (χ2v) is 4.19. The van der Waals surface area contributed by atoms with Crippen molar-refractivity contribution in [1.82, 2.24) is 4.98 Å². The average molecular weight is 412 g/mol. The summed E-state index contributed by atoms with van der Waals surface area (Å²) in [4.78, 5) is 3.94. The van der Waals surface area contributed by atoms with E-state index < -0.39 is 6.36 Å². The standard InChI is InChI=1S/C8H6BrF3INO2/c1-15-5-2-6(16-8(10,11)12)7(13)14-4(5)3-9/h2H,3H2,1H3. The van der Waals surface area contributed by atoms with Crippen LogP contribution in [0.2, 0.25) is 0 Å². The van der Waals surface area contributed by atoms with Crippen molar-refractivity contribution in [2.75, 3.05) is 7.11 Å². The van der Waals surface area contributed by atoms with E-state index in [1.54, 1.807) is 22.6 Å². The second kappa shape index (κ2) is 5.39. The molecule has 0 aliphatic carbocycles. The Labute approximate surface area is 112 Å². The molecule has 0 unspecified atom stereocenters. The third kappa shape index (κ3) is 3.65. The van der Waals surface area contributed by atoms with Crippen molar-refractivity contribution >= 4 is 38.5 Å². The van der Waals surface area contributed by atoms with Gasteiger partial charge in [-0.1, -0.05) is 15.9 Å². The predicted molar refractivity (Wildman–Crippen MR) is 62.8 cm³/mol. The first kappa shape index (κ1) is 13.8. The van der Waals surface area contributed by atoms with Gasteiger partial charge in [0.25, 0.3) is 0 Å². The van der Waals surface area contributed by atoms with E-state index in [2.05, 4.69) is 25.7 Å². The van der Waals surface area contributed by atoms with E-state index in [1.807, 2.05) is 0 Å². The summed E-state index contributed by atoms with van der Waals surface area (Å²) in [6.07, 6.45) is -4.73. The van der Waals surface area contributed by atoms with Gasteiger partial charge < -0.3 is 9.47 Å². The van der Waals surface area contributed by atoms with Crippen LogP contribution in [0.15, 0.2) is 6.07 Å². The van der Waals surface area contributed by atoms with Gasteiger partial charge >= 0.3 is 6.36 Å². The molecule has 0 atom stereocenters. The van der Waals surface area contributed by atoms with Crippen LogP contribution in [0.3, 0.4) is 0 Å². The van der Waals surface area contributed by atoms with Crippen LogP contribution in [0.5, 0.6) is 11.5 Å². The molecule has 0 fully saturated rings. The van der Waals surface area contributed by atoms with Crippen LogP contribution in [0.25, 0.3) is 0 Å². The topological polar surface area (TPSA) is 31.4 Å². The summed E-state index contributed by atoms with van der Waals surface area (Å²) < 4.78 is 45.0. The first-order valence-corrected chi connectivity index (χ1v) is 6.12. The van der Waals surface area contributed by atoms with Gasteiger partial charge in [0, 0.05) is 11.4 Å². The zero-order valence-corrected chi connectivity index (χ0v) is 11.7. The number of methoxy groups -OCH3 is 1. The Morgan fingerprint density at radius 1 is 1.44 bits per heavy atom. The average Bonchev–Trinajstić information content (AvgIpc) is 2.18. The molecule has 0 bridgehead atoms. The van der Waals surface area contributed by atoms with E-state index in [0.29, 0.717) is 11.0 Å². The molecular weight excluding hydrogens is 406 g/mol. The number of alkyl halides is 4. The molecule has 0 N–H and O–H groups in total. The number of aromatic nitrogens is 1. The summed E-state index contributed by atoms with van der Waals surface area (Å²) >= 11 is 4.83. The Hall–Kier alpha value is -0.250. The highest BCUT2D eigenvalue weighted by Crippen LogP contribution is 2.32. The fourth-order valence-corrected chi connectivity index (χ4v) is 1.92. The summed E-state index contributed by atoms with van der Waals surface area (Å²) in [5.74, 6) is -0.119. The molecule has 1 aromatic rings. The highest BCUT2D eigenvalue weighted by atomic mass is 127. The fraction of sp³-hybridized carbons (Fsp3) is 0.375. The number of halogens is 5. The molecule has 8 heteroatoms. The molecule has 0 radical (unpaired) electrons. The quantitative estimate of drug-likeness (QED) is 0.433. The third-order valence-corrected chi connectivity index (χ3v) is 2.86. The molecule has 1 aromatic heterocycles. The monoisotopic (exact) mass is 411 g/mol. The maximum atomic E-state index is 12.0. The van der Waals surface area contributed by atoms with Crippen molar-refractivity contribution in [1.29, 1.82) is 0 Å². The van der Waals surface area contributed by atoms with E-state index in [9.17, 15) is 13.2 Å². The van der Waals surface area contributed by atoms with Gasteiger partial charge in [-0.2, -0.15) is 0 Å². The molecule has 0 aliphatic rings. The molecule has 16 heavy (non-hydrogen) atoms. The molecule has 0 aromatic carbocycles. The van der Waals surface area contributed by atoms with Crippen molar-refractivity contribution in [3.63, 3.8) is 0 Å². The zero-order chi connectivity index (χ0) is 12.3. The summed E-state index contributed by atoms with van der Waals surface area (Å²) in [5, 5.41) is 0.387. The van der Waals surface area contributed by atoms with Crippen LogP contribution >= 0.6 is 38.5 Å². The molecule has 0 spiro atoms. The van der Waals surface area contributed by atoms with Gasteiger partial charge in [-0.15, -0.1) is 13.2 Å². The summed E-state index contributed by atoms with van der Waals surface area (Å²) in [6, 6.07) is 1.17. The number of nitrogens with zero attached hydrogens (tertiary/aromatic N) is 1. The van der Waals surface area contributed by atoms with E-state index in [-0.39, 0.29) is 15.2 Å². The Kier molecular flexibility index (Phi) is 4.65. The SMILES string of the molecule is COc1cc(OC(F)(F)F)c(I)nc1CBr. The molecule has 1 rings (SSSR count). The molecule has 0 saturated carbocycles. The minimum Gasteiger partial charge on any atom is -0.495 e. The van der Waals surface area contributed by atoms with Crippen molar-refractivity contribution in [2.24, 2.45) is 0 Å². The van der Waals surface area contributed by atoms with Crippen LogP contribution in [0.1, 0.15) is 5.69 Å². The Morgan fingerprint density at radius 3 is 2.50 bits per heavy atom. The largest absolute Gasteiger partial charge is 0.573 e. The van der Waals surface area contributed by atoms with Crippen LogP contribution in [0, 0.1) is 3.70 Å². The maximum absolute atomic E-state index is 12.0. The van der Waals surface area contributed by atoms with Crippen LogP contribution in [-0.2, 0) is 5.33 Å². The van der Waals surface area contributed by atoms with Crippen LogP contribution in [-0.4, -0.2) is 18.5 Å². The van der Waals surface area contributed by atoms with Crippen molar-refractivity contribution in [2.45, 2.75) is 11.7 Å². The van der Waals surface area contributed by atoms with Crippen molar-refractivity contribution < 1.29 is 22.6 Å². The predicted octanol–water partition coefficient (Wildman–Crippen LogP) is 3.49. The lowest BCUT2D eigenvalue weighted by atomic mass is 10.3. The lowest BCUT2D eigenvalue weighted by molar-refractivity contribution is -0.275.